The van der Waals surface area contributed by atoms with Crippen molar-refractivity contribution in [3.05, 3.63) is 0 Å². The van der Waals surface area contributed by atoms with E-state index in [-0.39, 0.29) is 19.6 Å². The van der Waals surface area contributed by atoms with Crippen LogP contribution in [-0.4, -0.2) is 78.7 Å². The van der Waals surface area contributed by atoms with Crippen molar-refractivity contribution in [2.45, 2.75) is 123 Å². The Morgan fingerprint density at radius 2 is 1.24 bits per heavy atom. The van der Waals surface area contributed by atoms with Gasteiger partial charge in [0, 0.05) is 40.7 Å². The Labute approximate surface area is 224 Å². The van der Waals surface area contributed by atoms with Gasteiger partial charge in [-0.25, -0.2) is 0 Å². The summed E-state index contributed by atoms with van der Waals surface area (Å²) in [7, 11) is 0. The first-order chi connectivity index (χ1) is 18.0. The summed E-state index contributed by atoms with van der Waals surface area (Å²) in [6, 6.07) is -1.18. The molecule has 12 heteroatoms. The van der Waals surface area contributed by atoms with Crippen molar-refractivity contribution in [2.75, 3.05) is 13.2 Å². The van der Waals surface area contributed by atoms with Crippen molar-refractivity contribution in [2.24, 2.45) is 0 Å². The topological polar surface area (TPSA) is 164 Å². The first kappa shape index (κ1) is 33.3. The Bertz CT molecular complexity index is 772. The zero-order chi connectivity index (χ0) is 28.5. The predicted octanol–water partition coefficient (Wildman–Crippen LogP) is 2.08. The SMILES string of the molecule is CC(=O)N[C@H]1[C@H](OC(=O)CCCCCCCCCCCO)O[C@H](COC(C)=O)[C@H](OC(C)=O)[C@@H]1OC(C)=O. The summed E-state index contributed by atoms with van der Waals surface area (Å²) in [5, 5.41) is 11.4. The molecule has 12 nitrogen and oxygen atoms in total. The second kappa shape index (κ2) is 18.5. The number of hydrogen-bond donors (Lipinski definition) is 2. The minimum Gasteiger partial charge on any atom is -0.463 e. The molecule has 0 unspecified atom stereocenters. The fraction of sp³-hybridized carbons (Fsp3) is 0.808. The minimum atomic E-state index is -1.39. The van der Waals surface area contributed by atoms with E-state index in [1.54, 1.807) is 0 Å². The fourth-order valence-corrected chi connectivity index (χ4v) is 4.20. The van der Waals surface area contributed by atoms with Gasteiger partial charge >= 0.3 is 23.9 Å². The molecule has 1 aliphatic rings. The summed E-state index contributed by atoms with van der Waals surface area (Å²) in [6.07, 6.45) is 3.76. The van der Waals surface area contributed by atoms with E-state index in [1.807, 2.05) is 0 Å². The average Bonchev–Trinajstić information content (AvgIpc) is 2.82. The van der Waals surface area contributed by atoms with Crippen LogP contribution in [0.4, 0.5) is 0 Å². The lowest BCUT2D eigenvalue weighted by atomic mass is 9.96. The molecule has 0 aromatic rings. The van der Waals surface area contributed by atoms with Gasteiger partial charge in [-0.1, -0.05) is 44.9 Å². The van der Waals surface area contributed by atoms with Gasteiger partial charge in [-0.2, -0.15) is 0 Å². The highest BCUT2D eigenvalue weighted by Crippen LogP contribution is 2.28. The number of rotatable bonds is 17. The Morgan fingerprint density at radius 1 is 0.711 bits per heavy atom. The number of nitrogens with one attached hydrogen (secondary N) is 1. The quantitative estimate of drug-likeness (QED) is 0.156. The van der Waals surface area contributed by atoms with Gasteiger partial charge in [0.25, 0.3) is 0 Å². The van der Waals surface area contributed by atoms with Gasteiger partial charge in [-0.15, -0.1) is 0 Å². The van der Waals surface area contributed by atoms with E-state index in [0.29, 0.717) is 6.42 Å². The van der Waals surface area contributed by atoms with Crippen LogP contribution in [0.3, 0.4) is 0 Å². The molecule has 0 aromatic carbocycles. The van der Waals surface area contributed by atoms with Gasteiger partial charge in [-0.3, -0.25) is 24.0 Å². The molecule has 0 aliphatic carbocycles. The van der Waals surface area contributed by atoms with Gasteiger partial charge < -0.3 is 34.1 Å². The first-order valence-corrected chi connectivity index (χ1v) is 13.3. The molecule has 38 heavy (non-hydrogen) atoms. The van der Waals surface area contributed by atoms with E-state index in [9.17, 15) is 24.0 Å². The third kappa shape index (κ3) is 13.7. The van der Waals surface area contributed by atoms with E-state index in [4.69, 9.17) is 28.8 Å². The number of aliphatic hydroxyl groups excluding tert-OH is 1. The molecule has 0 radical (unpaired) electrons. The van der Waals surface area contributed by atoms with Crippen molar-refractivity contribution in [1.29, 1.82) is 0 Å². The maximum atomic E-state index is 12.6. The van der Waals surface area contributed by atoms with Crippen molar-refractivity contribution in [1.82, 2.24) is 5.32 Å². The van der Waals surface area contributed by atoms with Gasteiger partial charge in [0.05, 0.1) is 0 Å². The second-order valence-corrected chi connectivity index (χ2v) is 9.37. The number of aliphatic hydroxyl groups is 1. The summed E-state index contributed by atoms with van der Waals surface area (Å²) in [5.41, 5.74) is 0. The monoisotopic (exact) mass is 545 g/mol. The van der Waals surface area contributed by atoms with E-state index in [1.165, 1.54) is 13.8 Å². The molecule has 1 rings (SSSR count). The van der Waals surface area contributed by atoms with Crippen molar-refractivity contribution in [3.63, 3.8) is 0 Å². The van der Waals surface area contributed by atoms with Gasteiger partial charge in [0.1, 0.15) is 18.8 Å². The summed E-state index contributed by atoms with van der Waals surface area (Å²) in [4.78, 5) is 59.6. The lowest BCUT2D eigenvalue weighted by molar-refractivity contribution is -0.271. The molecule has 5 atom stereocenters. The molecular weight excluding hydrogens is 502 g/mol. The van der Waals surface area contributed by atoms with E-state index < -0.39 is 60.4 Å². The number of ether oxygens (including phenoxy) is 5. The molecule has 1 amide bonds. The third-order valence-electron chi connectivity index (χ3n) is 5.86. The van der Waals surface area contributed by atoms with Gasteiger partial charge in [-0.05, 0) is 12.8 Å². The van der Waals surface area contributed by atoms with Crippen LogP contribution in [0.2, 0.25) is 0 Å². The number of esters is 4. The van der Waals surface area contributed by atoms with Crippen LogP contribution in [0.15, 0.2) is 0 Å². The lowest BCUT2D eigenvalue weighted by Gasteiger charge is -2.44. The molecule has 0 saturated carbocycles. The largest absolute Gasteiger partial charge is 0.463 e. The van der Waals surface area contributed by atoms with Crippen LogP contribution in [0, 0.1) is 0 Å². The molecule has 2 N–H and O–H groups in total. The summed E-state index contributed by atoms with van der Waals surface area (Å²) in [5.74, 6) is -3.16. The first-order valence-electron chi connectivity index (χ1n) is 13.3. The Kier molecular flexibility index (Phi) is 16.2. The lowest BCUT2D eigenvalue weighted by Crippen LogP contribution is -2.66. The number of carbonyl (C=O) groups is 5. The van der Waals surface area contributed by atoms with Crippen molar-refractivity contribution < 1.29 is 52.8 Å². The Hall–Kier alpha value is -2.73. The predicted molar refractivity (Wildman–Crippen MR) is 133 cm³/mol. The van der Waals surface area contributed by atoms with Crippen molar-refractivity contribution >= 4 is 29.8 Å². The third-order valence-corrected chi connectivity index (χ3v) is 5.86. The molecule has 1 heterocycles. The molecule has 1 fully saturated rings. The maximum Gasteiger partial charge on any atom is 0.308 e. The summed E-state index contributed by atoms with van der Waals surface area (Å²) >= 11 is 0. The van der Waals surface area contributed by atoms with Crippen LogP contribution in [0.1, 0.15) is 91.9 Å². The molecule has 1 saturated heterocycles. The average molecular weight is 546 g/mol. The van der Waals surface area contributed by atoms with Crippen LogP contribution in [0.25, 0.3) is 0 Å². The summed E-state index contributed by atoms with van der Waals surface area (Å²) in [6.45, 7) is 4.56. The highest BCUT2D eigenvalue weighted by Gasteiger charge is 2.52. The molecule has 1 aliphatic heterocycles. The zero-order valence-electron chi connectivity index (χ0n) is 22.9. The molecular formula is C26H43NO11. The van der Waals surface area contributed by atoms with Crippen LogP contribution in [-0.2, 0) is 47.7 Å². The van der Waals surface area contributed by atoms with Gasteiger partial charge in [0.2, 0.25) is 12.2 Å². The van der Waals surface area contributed by atoms with E-state index in [0.717, 1.165) is 65.2 Å². The van der Waals surface area contributed by atoms with Gasteiger partial charge in [0.15, 0.2) is 12.2 Å². The molecule has 0 bridgehead atoms. The number of amides is 1. The fourth-order valence-electron chi connectivity index (χ4n) is 4.20. The maximum absolute atomic E-state index is 12.6. The number of carbonyl (C=O) groups excluding carboxylic acids is 5. The number of hydrogen-bond acceptors (Lipinski definition) is 11. The second-order valence-electron chi connectivity index (χ2n) is 9.37. The summed E-state index contributed by atoms with van der Waals surface area (Å²) < 4.78 is 27.1. The Morgan fingerprint density at radius 3 is 1.74 bits per heavy atom. The minimum absolute atomic E-state index is 0.114. The normalized spacial score (nSPS) is 22.7. The molecule has 0 aromatic heterocycles. The zero-order valence-corrected chi connectivity index (χ0v) is 22.9. The van der Waals surface area contributed by atoms with E-state index in [2.05, 4.69) is 5.32 Å². The molecule has 0 spiro atoms. The highest BCUT2D eigenvalue weighted by molar-refractivity contribution is 5.74. The van der Waals surface area contributed by atoms with E-state index >= 15 is 0 Å². The smallest absolute Gasteiger partial charge is 0.308 e. The van der Waals surface area contributed by atoms with Crippen molar-refractivity contribution in [3.8, 4) is 0 Å². The Balaban J connectivity index is 2.81. The number of unbranched alkanes of at least 4 members (excludes halogenated alkanes) is 8. The molecule has 218 valence electrons. The standard InChI is InChI=1S/C26H43NO11/c1-17(29)27-23-25(36-20(4)32)24(35-19(3)31)21(16-34-18(2)30)37-26(23)38-22(33)14-12-10-8-6-5-7-9-11-13-15-28/h21,23-26,28H,5-16H2,1-4H3,(H,27,29)/t21-,23-,24+,25-,26+/m1/s1. The highest BCUT2D eigenvalue weighted by atomic mass is 16.7. The van der Waals surface area contributed by atoms with Crippen LogP contribution >= 0.6 is 0 Å². The van der Waals surface area contributed by atoms with Crippen LogP contribution < -0.4 is 5.32 Å². The van der Waals surface area contributed by atoms with Crippen LogP contribution in [0.5, 0.6) is 0 Å².